The highest BCUT2D eigenvalue weighted by atomic mass is 32.3. The van der Waals surface area contributed by atoms with Crippen LogP contribution in [0.2, 0.25) is 0 Å². The summed E-state index contributed by atoms with van der Waals surface area (Å²) in [4.78, 5) is 11.7. The van der Waals surface area contributed by atoms with Gasteiger partial charge in [-0.15, -0.1) is 0 Å². The van der Waals surface area contributed by atoms with Crippen molar-refractivity contribution in [2.75, 3.05) is 12.5 Å². The van der Waals surface area contributed by atoms with Crippen molar-refractivity contribution in [3.8, 4) is 0 Å². The number of hydrogen-bond acceptors (Lipinski definition) is 5. The summed E-state index contributed by atoms with van der Waals surface area (Å²) in [7, 11) is -7.99. The molecule has 0 N–H and O–H groups in total. The number of carbonyl (C=O) groups excluding carboxylic acids is 1. The molecule has 0 saturated carbocycles. The van der Waals surface area contributed by atoms with Gasteiger partial charge in [0.25, 0.3) is 0 Å². The fraction of sp³-hybridized carbons (Fsp3) is 0.182. The molecule has 0 amide bonds. The smallest absolute Gasteiger partial charge is 0.244 e. The second-order valence-electron chi connectivity index (χ2n) is 3.80. The number of allylic oxidation sites excluding steroid dienone is 1. The third-order valence-corrected chi connectivity index (χ3v) is 5.24. The van der Waals surface area contributed by atoms with Gasteiger partial charge in [0, 0.05) is 17.8 Å². The van der Waals surface area contributed by atoms with Crippen molar-refractivity contribution < 1.29 is 21.6 Å². The lowest BCUT2D eigenvalue weighted by molar-refractivity contribution is 0.104. The van der Waals surface area contributed by atoms with Gasteiger partial charge in [0.2, 0.25) is 20.0 Å². The summed E-state index contributed by atoms with van der Waals surface area (Å²) in [5.41, 5.74) is 0.334. The van der Waals surface area contributed by atoms with Crippen molar-refractivity contribution in [2.24, 2.45) is 0 Å². The van der Waals surface area contributed by atoms with Crippen LogP contribution in [-0.2, 0) is 20.0 Å². The predicted molar refractivity (Wildman–Crippen MR) is 71.4 cm³/mol. The quantitative estimate of drug-likeness (QED) is 0.587. The predicted octanol–water partition coefficient (Wildman–Crippen LogP) is 0.604. The molecule has 0 bridgehead atoms. The fourth-order valence-corrected chi connectivity index (χ4v) is 3.83. The van der Waals surface area contributed by atoms with Crippen LogP contribution < -0.4 is 0 Å². The van der Waals surface area contributed by atoms with Crippen LogP contribution in [0, 0.1) is 0 Å². The Hall–Kier alpha value is -1.67. The highest BCUT2D eigenvalue weighted by Crippen LogP contribution is 2.08. The van der Waals surface area contributed by atoms with Crippen LogP contribution in [0.4, 0.5) is 0 Å². The fourth-order valence-electron chi connectivity index (χ4n) is 1.29. The van der Waals surface area contributed by atoms with E-state index in [4.69, 9.17) is 0 Å². The Labute approximate surface area is 112 Å². The Bertz CT molecular complexity index is 658. The Morgan fingerprint density at radius 3 is 1.89 bits per heavy atom. The maximum Gasteiger partial charge on any atom is 0.244 e. The molecule has 0 spiro atoms. The molecule has 0 aliphatic carbocycles. The lowest BCUT2D eigenvalue weighted by Crippen LogP contribution is -2.30. The van der Waals surface area contributed by atoms with E-state index in [2.05, 4.69) is 0 Å². The molecule has 19 heavy (non-hydrogen) atoms. The summed E-state index contributed by atoms with van der Waals surface area (Å²) in [6.07, 6.45) is 3.12. The molecule has 0 atom stereocenters. The number of rotatable bonds is 5. The van der Waals surface area contributed by atoms with Gasteiger partial charge in [-0.2, -0.15) is 3.71 Å². The van der Waals surface area contributed by atoms with Gasteiger partial charge < -0.3 is 0 Å². The molecule has 0 heterocycles. The number of carbonyl (C=O) groups is 1. The molecule has 0 aliphatic heterocycles. The molecular weight excluding hydrogens is 290 g/mol. The lowest BCUT2D eigenvalue weighted by atomic mass is 10.1. The molecule has 0 radical (unpaired) electrons. The molecule has 0 aliphatic rings. The van der Waals surface area contributed by atoms with E-state index in [-0.39, 0.29) is 3.71 Å². The van der Waals surface area contributed by atoms with E-state index in [1.807, 2.05) is 0 Å². The minimum atomic E-state index is -3.99. The maximum absolute atomic E-state index is 11.7. The third-order valence-electron chi connectivity index (χ3n) is 2.06. The molecule has 0 aromatic heterocycles. The zero-order valence-electron chi connectivity index (χ0n) is 10.3. The number of ketones is 1. The van der Waals surface area contributed by atoms with Crippen molar-refractivity contribution >= 4 is 25.8 Å². The van der Waals surface area contributed by atoms with Crippen LogP contribution in [0.5, 0.6) is 0 Å². The normalized spacial score (nSPS) is 12.5. The SMILES string of the molecule is CS(=O)(=O)N(C=CC(=O)c1ccccc1)S(C)(=O)=O. The first-order chi connectivity index (χ1) is 8.62. The van der Waals surface area contributed by atoms with Crippen LogP contribution in [0.3, 0.4) is 0 Å². The molecule has 0 saturated heterocycles. The van der Waals surface area contributed by atoms with Gasteiger partial charge in [-0.05, 0) is 0 Å². The lowest BCUT2D eigenvalue weighted by Gasteiger charge is -2.14. The van der Waals surface area contributed by atoms with E-state index in [1.54, 1.807) is 18.2 Å². The topological polar surface area (TPSA) is 88.6 Å². The summed E-state index contributed by atoms with van der Waals surface area (Å²) < 4.78 is 45.4. The van der Waals surface area contributed by atoms with Gasteiger partial charge in [0.15, 0.2) is 5.78 Å². The average Bonchev–Trinajstić information content (AvgIpc) is 2.26. The van der Waals surface area contributed by atoms with E-state index in [0.717, 1.165) is 24.8 Å². The molecule has 1 aromatic rings. The second-order valence-corrected chi connectivity index (χ2v) is 7.75. The Balaban J connectivity index is 3.06. The zero-order valence-corrected chi connectivity index (χ0v) is 12.0. The summed E-state index contributed by atoms with van der Waals surface area (Å²) >= 11 is 0. The van der Waals surface area contributed by atoms with Crippen LogP contribution in [-0.4, -0.2) is 38.8 Å². The molecule has 1 aromatic carbocycles. The first-order valence-electron chi connectivity index (χ1n) is 5.09. The van der Waals surface area contributed by atoms with Gasteiger partial charge in [0.1, 0.15) is 0 Å². The second kappa shape index (κ2) is 5.54. The molecule has 0 fully saturated rings. The Morgan fingerprint density at radius 2 is 1.47 bits per heavy atom. The van der Waals surface area contributed by atoms with Gasteiger partial charge in [0.05, 0.1) is 12.5 Å². The van der Waals surface area contributed by atoms with Crippen molar-refractivity contribution in [3.05, 3.63) is 48.2 Å². The van der Waals surface area contributed by atoms with Crippen molar-refractivity contribution in [3.63, 3.8) is 0 Å². The largest absolute Gasteiger partial charge is 0.289 e. The van der Waals surface area contributed by atoms with E-state index in [1.165, 1.54) is 12.1 Å². The highest BCUT2D eigenvalue weighted by molar-refractivity contribution is 8.03. The summed E-state index contributed by atoms with van der Waals surface area (Å²) in [6.45, 7) is 0. The highest BCUT2D eigenvalue weighted by Gasteiger charge is 2.22. The number of nitrogens with zero attached hydrogens (tertiary/aromatic N) is 1. The minimum absolute atomic E-state index is 0.154. The van der Waals surface area contributed by atoms with Crippen LogP contribution >= 0.6 is 0 Å². The van der Waals surface area contributed by atoms with Crippen LogP contribution in [0.15, 0.2) is 42.6 Å². The van der Waals surface area contributed by atoms with Crippen LogP contribution in [0.1, 0.15) is 10.4 Å². The Kier molecular flexibility index (Phi) is 4.48. The van der Waals surface area contributed by atoms with E-state index in [9.17, 15) is 21.6 Å². The summed E-state index contributed by atoms with van der Waals surface area (Å²) in [5, 5.41) is 0. The van der Waals surface area contributed by atoms with E-state index >= 15 is 0 Å². The van der Waals surface area contributed by atoms with E-state index < -0.39 is 25.8 Å². The van der Waals surface area contributed by atoms with Crippen molar-refractivity contribution in [2.45, 2.75) is 0 Å². The number of benzene rings is 1. The van der Waals surface area contributed by atoms with Gasteiger partial charge in [-0.25, -0.2) is 16.8 Å². The monoisotopic (exact) mass is 303 g/mol. The number of hydrogen-bond donors (Lipinski definition) is 0. The maximum atomic E-state index is 11.7. The van der Waals surface area contributed by atoms with Crippen molar-refractivity contribution in [1.82, 2.24) is 3.71 Å². The standard InChI is InChI=1S/C11H13NO5S2/c1-18(14,15)12(19(2,16)17)9-8-11(13)10-6-4-3-5-7-10/h3-9H,1-2H3. The van der Waals surface area contributed by atoms with Crippen LogP contribution in [0.25, 0.3) is 0 Å². The average molecular weight is 303 g/mol. The van der Waals surface area contributed by atoms with Crippen molar-refractivity contribution in [1.29, 1.82) is 0 Å². The molecule has 104 valence electrons. The molecular formula is C11H13NO5S2. The zero-order chi connectivity index (χ0) is 14.7. The van der Waals surface area contributed by atoms with Gasteiger partial charge >= 0.3 is 0 Å². The molecule has 8 heteroatoms. The third kappa shape index (κ3) is 4.49. The Morgan fingerprint density at radius 1 is 1.00 bits per heavy atom. The molecule has 6 nitrogen and oxygen atoms in total. The molecule has 0 unspecified atom stereocenters. The van der Waals surface area contributed by atoms with Gasteiger partial charge in [-0.3, -0.25) is 4.79 Å². The molecule has 1 rings (SSSR count). The summed E-state index contributed by atoms with van der Waals surface area (Å²) in [5.74, 6) is -0.488. The van der Waals surface area contributed by atoms with Gasteiger partial charge in [-0.1, -0.05) is 30.3 Å². The first-order valence-corrected chi connectivity index (χ1v) is 8.79. The minimum Gasteiger partial charge on any atom is -0.289 e. The number of sulfonamides is 2. The summed E-state index contributed by atoms with van der Waals surface area (Å²) in [6, 6.07) is 8.09. The first kappa shape index (κ1) is 15.4. The van der Waals surface area contributed by atoms with E-state index in [0.29, 0.717) is 5.56 Å².